The lowest BCUT2D eigenvalue weighted by Gasteiger charge is -2.45. The Morgan fingerprint density at radius 1 is 0.717 bits per heavy atom. The minimum atomic E-state index is -1.97. The van der Waals surface area contributed by atoms with E-state index in [1.807, 2.05) is 0 Å². The van der Waals surface area contributed by atoms with Gasteiger partial charge >= 0.3 is 5.97 Å². The summed E-state index contributed by atoms with van der Waals surface area (Å²) in [6, 6.07) is 10.2. The summed E-state index contributed by atoms with van der Waals surface area (Å²) in [7, 11) is 0. The molecule has 280 valence electrons. The molecule has 0 spiro atoms. The fourth-order valence-electron chi connectivity index (χ4n) is 6.41. The van der Waals surface area contributed by atoms with Crippen molar-refractivity contribution >= 4 is 23.0 Å². The molecule has 0 saturated carbocycles. The number of phenolic OH excluding ortho intramolecular Hbond substituents is 4. The van der Waals surface area contributed by atoms with Crippen molar-refractivity contribution in [2.24, 2.45) is 0 Å². The number of phenols is 4. The number of hydrogen-bond acceptors (Lipinski definition) is 17. The molecule has 0 aliphatic carbocycles. The summed E-state index contributed by atoms with van der Waals surface area (Å²) in [5, 5.41) is 97.3. The van der Waals surface area contributed by atoms with Crippen molar-refractivity contribution in [1.82, 2.24) is 0 Å². The van der Waals surface area contributed by atoms with Crippen LogP contribution >= 0.6 is 0 Å². The highest BCUT2D eigenvalue weighted by Gasteiger charge is 2.51. The van der Waals surface area contributed by atoms with E-state index >= 15 is 0 Å². The van der Waals surface area contributed by atoms with Crippen LogP contribution in [0.3, 0.4) is 0 Å². The maximum absolute atomic E-state index is 14.4. The molecule has 0 radical (unpaired) electrons. The third-order valence-electron chi connectivity index (χ3n) is 9.29. The second-order valence-corrected chi connectivity index (χ2v) is 12.8. The molecule has 3 aliphatic rings. The Bertz CT molecular complexity index is 2130. The van der Waals surface area contributed by atoms with Crippen LogP contribution in [0.5, 0.6) is 28.7 Å². The van der Waals surface area contributed by atoms with E-state index in [-0.39, 0.29) is 33.8 Å². The summed E-state index contributed by atoms with van der Waals surface area (Å²) in [6.45, 7) is 0.728. The number of rotatable bonds is 1. The normalized spacial score (nSPS) is 31.0. The van der Waals surface area contributed by atoms with Gasteiger partial charge in [0.05, 0.1) is 11.7 Å². The zero-order chi connectivity index (χ0) is 37.9. The first-order valence-corrected chi connectivity index (χ1v) is 16.3. The fraction of sp³-hybridized carbons (Fsp3) is 0.333. The molecule has 3 aromatic carbocycles. The Morgan fingerprint density at radius 3 is 2.19 bits per heavy atom. The van der Waals surface area contributed by atoms with Crippen LogP contribution in [-0.2, 0) is 23.7 Å². The molecule has 2 saturated heterocycles. The Labute approximate surface area is 298 Å². The van der Waals surface area contributed by atoms with E-state index in [4.69, 9.17) is 28.1 Å². The largest absolute Gasteiger partial charge is 0.508 e. The molecule has 9 N–H and O–H groups in total. The second-order valence-electron chi connectivity index (χ2n) is 12.8. The van der Waals surface area contributed by atoms with Crippen LogP contribution in [0.25, 0.3) is 39.5 Å². The van der Waals surface area contributed by atoms with E-state index in [1.54, 1.807) is 0 Å². The minimum absolute atomic E-state index is 0.136. The van der Waals surface area contributed by atoms with Gasteiger partial charge < -0.3 is 74.1 Å². The number of carbonyl (C=O) groups excluding carboxylic acids is 1. The lowest BCUT2D eigenvalue weighted by Crippen LogP contribution is -2.64. The van der Waals surface area contributed by atoms with Crippen molar-refractivity contribution in [2.45, 2.75) is 68.3 Å². The number of benzene rings is 3. The van der Waals surface area contributed by atoms with Gasteiger partial charge in [0, 0.05) is 23.3 Å². The van der Waals surface area contributed by atoms with Crippen LogP contribution in [0, 0.1) is 0 Å². The maximum Gasteiger partial charge on any atom is 0.330 e. The molecule has 4 heterocycles. The minimum Gasteiger partial charge on any atom is -0.508 e. The summed E-state index contributed by atoms with van der Waals surface area (Å²) in [5.41, 5.74) is -1.54. The van der Waals surface area contributed by atoms with Crippen LogP contribution in [0.2, 0.25) is 0 Å². The molecule has 3 aliphatic heterocycles. The van der Waals surface area contributed by atoms with Gasteiger partial charge in [-0.3, -0.25) is 4.79 Å². The highest BCUT2D eigenvalue weighted by atomic mass is 16.7. The van der Waals surface area contributed by atoms with Gasteiger partial charge in [0.25, 0.3) is 0 Å². The molecule has 0 unspecified atom stereocenters. The molecule has 0 amide bonds. The summed E-state index contributed by atoms with van der Waals surface area (Å²) < 4.78 is 34.3. The summed E-state index contributed by atoms with van der Waals surface area (Å²) >= 11 is 0. The van der Waals surface area contributed by atoms with E-state index in [9.17, 15) is 55.5 Å². The fourth-order valence-corrected chi connectivity index (χ4v) is 6.41. The van der Waals surface area contributed by atoms with E-state index < -0.39 is 113 Å². The van der Waals surface area contributed by atoms with Gasteiger partial charge in [-0.05, 0) is 55.0 Å². The average Bonchev–Trinajstić information content (AvgIpc) is 3.12. The SMILES string of the molecule is C[C@@H]1O[C@H]2Oc3c(-c4ccc(O)cc4)oc4cc(O)c(c(O)c4c3=O)-c3cc(ccc3O)/C=C\C(=O)OC[C@H]3O[C@@H](O[C@H]([C@H]1O)[C@H]2O)[C@H](O)[C@@H](O)[C@@H]3O. The van der Waals surface area contributed by atoms with Crippen molar-refractivity contribution in [2.75, 3.05) is 6.61 Å². The Morgan fingerprint density at radius 2 is 1.45 bits per heavy atom. The van der Waals surface area contributed by atoms with E-state index in [0.29, 0.717) is 0 Å². The van der Waals surface area contributed by atoms with Gasteiger partial charge in [0.2, 0.25) is 17.5 Å². The van der Waals surface area contributed by atoms with Crippen LogP contribution < -0.4 is 10.2 Å². The number of ether oxygens (including phenoxy) is 5. The van der Waals surface area contributed by atoms with Crippen LogP contribution in [0.15, 0.2) is 63.8 Å². The van der Waals surface area contributed by atoms with Gasteiger partial charge in [0.1, 0.15) is 83.3 Å². The second kappa shape index (κ2) is 14.0. The topological polar surface area (TPSA) is 275 Å². The number of carbonyl (C=O) groups is 1. The number of esters is 1. The smallest absolute Gasteiger partial charge is 0.330 e. The molecule has 4 aromatic rings. The number of cyclic esters (lactones) is 1. The maximum atomic E-state index is 14.4. The number of aromatic hydroxyl groups is 4. The van der Waals surface area contributed by atoms with Gasteiger partial charge in [-0.1, -0.05) is 6.07 Å². The molecule has 53 heavy (non-hydrogen) atoms. The van der Waals surface area contributed by atoms with Gasteiger partial charge in [0.15, 0.2) is 12.1 Å². The predicted octanol–water partition coefficient (Wildman–Crippen LogP) is 0.558. The quantitative estimate of drug-likeness (QED) is 0.121. The average molecular weight is 739 g/mol. The third kappa shape index (κ3) is 6.53. The monoisotopic (exact) mass is 738 g/mol. The van der Waals surface area contributed by atoms with Gasteiger partial charge in [-0.25, -0.2) is 4.79 Å². The molecule has 1 aromatic heterocycles. The Hall–Kier alpha value is -5.24. The molecule has 7 rings (SSSR count). The molecule has 2 fully saturated rings. The molecule has 17 nitrogen and oxygen atoms in total. The molecular weight excluding hydrogens is 704 g/mol. The van der Waals surface area contributed by atoms with Crippen LogP contribution in [0.1, 0.15) is 12.5 Å². The van der Waals surface area contributed by atoms with Gasteiger partial charge in [-0.2, -0.15) is 0 Å². The predicted molar refractivity (Wildman–Crippen MR) is 179 cm³/mol. The summed E-state index contributed by atoms with van der Waals surface area (Å²) in [6.07, 6.45) is -15.0. The first-order chi connectivity index (χ1) is 25.2. The molecule has 9 bridgehead atoms. The zero-order valence-electron chi connectivity index (χ0n) is 27.5. The highest BCUT2D eigenvalue weighted by molar-refractivity contribution is 5.98. The van der Waals surface area contributed by atoms with E-state index in [2.05, 4.69) is 0 Å². The molecule has 17 heteroatoms. The molecular formula is C36H34O17. The summed E-state index contributed by atoms with van der Waals surface area (Å²) in [5.74, 6) is -3.94. The molecule has 10 atom stereocenters. The first kappa shape index (κ1) is 36.1. The van der Waals surface area contributed by atoms with E-state index in [0.717, 1.165) is 12.1 Å². The van der Waals surface area contributed by atoms with E-state index in [1.165, 1.54) is 55.5 Å². The Kier molecular flexibility index (Phi) is 9.51. The van der Waals surface area contributed by atoms with Crippen molar-refractivity contribution in [3.63, 3.8) is 0 Å². The summed E-state index contributed by atoms with van der Waals surface area (Å²) in [4.78, 5) is 27.1. The number of aliphatic hydroxyl groups is 5. The van der Waals surface area contributed by atoms with Gasteiger partial charge in [-0.15, -0.1) is 0 Å². The number of hydrogen-bond donors (Lipinski definition) is 9. The van der Waals surface area contributed by atoms with Crippen LogP contribution in [-0.4, -0.2) is 120 Å². The Balaban J connectivity index is 1.43. The first-order valence-electron chi connectivity index (χ1n) is 16.3. The van der Waals surface area contributed by atoms with Crippen molar-refractivity contribution in [3.05, 3.63) is 70.4 Å². The lowest BCUT2D eigenvalue weighted by molar-refractivity contribution is -0.350. The third-order valence-corrected chi connectivity index (χ3v) is 9.29. The van der Waals surface area contributed by atoms with Crippen molar-refractivity contribution < 1.29 is 78.9 Å². The van der Waals surface area contributed by atoms with Crippen LogP contribution in [0.4, 0.5) is 0 Å². The zero-order valence-corrected chi connectivity index (χ0v) is 27.5. The van der Waals surface area contributed by atoms with Crippen molar-refractivity contribution in [1.29, 1.82) is 0 Å². The number of aliphatic hydroxyl groups excluding tert-OH is 5. The number of fused-ring (bicyclic) bond motifs is 9. The highest BCUT2D eigenvalue weighted by Crippen LogP contribution is 2.47. The van der Waals surface area contributed by atoms with Crippen molar-refractivity contribution in [3.8, 4) is 51.2 Å². The standard InChI is InChI=1S/C36H34O17/c1-13-25(41)33-31(47)36(49-13)53-34-28(44)24-20(50-32(34)15-4-6-16(37)7-5-15)11-19(39)23(27(24)43)17-10-14(2-8-18(17)38)3-9-22(40)48-12-21-26(42)29(45)30(46)35(51-21)52-33/h2-11,13,21,25-26,29-31,33,35-39,41-43,45-47H,12H2,1H3/b9-3-/t13-,21+,25-,26+,29-,30+,31+,33+,35-,36-/m0/s1. The lowest BCUT2D eigenvalue weighted by atomic mass is 9.97.